The largest absolute Gasteiger partial charge is 0.496 e. The molecule has 1 heterocycles. The van der Waals surface area contributed by atoms with Crippen molar-refractivity contribution in [2.75, 3.05) is 13.7 Å². The fourth-order valence-electron chi connectivity index (χ4n) is 3.49. The number of para-hydroxylation sites is 2. The highest BCUT2D eigenvalue weighted by Gasteiger charge is 2.25. The van der Waals surface area contributed by atoms with E-state index >= 15 is 0 Å². The zero-order valence-electron chi connectivity index (χ0n) is 17.7. The van der Waals surface area contributed by atoms with Crippen LogP contribution >= 0.6 is 0 Å². The van der Waals surface area contributed by atoms with Gasteiger partial charge in [0.15, 0.2) is 0 Å². The summed E-state index contributed by atoms with van der Waals surface area (Å²) in [6, 6.07) is 16.7. The number of nitrogens with zero attached hydrogens (tertiary/aromatic N) is 1. The van der Waals surface area contributed by atoms with Crippen molar-refractivity contribution in [3.63, 3.8) is 0 Å². The van der Waals surface area contributed by atoms with Crippen LogP contribution in [0, 0.1) is 5.92 Å². The summed E-state index contributed by atoms with van der Waals surface area (Å²) < 4.78 is 7.44. The second-order valence-corrected chi connectivity index (χ2v) is 7.61. The number of ether oxygens (including phenoxy) is 1. The summed E-state index contributed by atoms with van der Waals surface area (Å²) in [5.41, 5.74) is 1.60. The molecule has 3 rings (SSSR count). The van der Waals surface area contributed by atoms with Gasteiger partial charge < -0.3 is 19.9 Å². The van der Waals surface area contributed by atoms with E-state index in [9.17, 15) is 9.59 Å². The van der Waals surface area contributed by atoms with Crippen molar-refractivity contribution < 1.29 is 14.3 Å². The highest BCUT2D eigenvalue weighted by atomic mass is 16.5. The van der Waals surface area contributed by atoms with Gasteiger partial charge in [-0.05, 0) is 42.0 Å². The Bertz CT molecular complexity index is 1010. The van der Waals surface area contributed by atoms with Crippen LogP contribution in [0.5, 0.6) is 5.75 Å². The molecule has 158 valence electrons. The minimum atomic E-state index is -0.616. The number of carbonyl (C=O) groups is 2. The molecule has 30 heavy (non-hydrogen) atoms. The van der Waals surface area contributed by atoms with Crippen LogP contribution in [0.2, 0.25) is 0 Å². The van der Waals surface area contributed by atoms with Crippen LogP contribution in [-0.2, 0) is 11.3 Å². The second-order valence-electron chi connectivity index (χ2n) is 7.61. The Balaban J connectivity index is 1.54. The Morgan fingerprint density at radius 2 is 1.77 bits per heavy atom. The summed E-state index contributed by atoms with van der Waals surface area (Å²) in [5.74, 6) is -0.0559. The zero-order chi connectivity index (χ0) is 21.5. The molecule has 0 aliphatic rings. The fraction of sp³-hybridized carbons (Fsp3) is 0.333. The SMILES string of the molecule is COc1ccccc1C(=O)N[C@H](C(=O)NCCCn1ccc2ccccc21)C(C)C. The van der Waals surface area contributed by atoms with Crippen LogP contribution in [0.25, 0.3) is 10.9 Å². The average molecular weight is 408 g/mol. The smallest absolute Gasteiger partial charge is 0.255 e. The van der Waals surface area contributed by atoms with Gasteiger partial charge in [0.05, 0.1) is 12.7 Å². The van der Waals surface area contributed by atoms with Crippen molar-refractivity contribution in [3.05, 3.63) is 66.4 Å². The molecule has 0 unspecified atom stereocenters. The molecule has 2 aromatic carbocycles. The van der Waals surface area contributed by atoms with Crippen molar-refractivity contribution in [1.82, 2.24) is 15.2 Å². The molecule has 6 heteroatoms. The molecule has 0 bridgehead atoms. The van der Waals surface area contributed by atoms with Crippen molar-refractivity contribution >= 4 is 22.7 Å². The first-order valence-corrected chi connectivity index (χ1v) is 10.3. The van der Waals surface area contributed by atoms with Gasteiger partial charge in [-0.25, -0.2) is 0 Å². The number of rotatable bonds is 9. The van der Waals surface area contributed by atoms with Gasteiger partial charge in [-0.3, -0.25) is 9.59 Å². The first kappa shape index (κ1) is 21.4. The maximum Gasteiger partial charge on any atom is 0.255 e. The van der Waals surface area contributed by atoms with E-state index in [-0.39, 0.29) is 17.7 Å². The number of benzene rings is 2. The van der Waals surface area contributed by atoms with Gasteiger partial charge in [0.25, 0.3) is 5.91 Å². The van der Waals surface area contributed by atoms with E-state index < -0.39 is 6.04 Å². The van der Waals surface area contributed by atoms with Crippen LogP contribution in [0.1, 0.15) is 30.6 Å². The monoisotopic (exact) mass is 407 g/mol. The number of hydrogen-bond acceptors (Lipinski definition) is 3. The molecule has 0 aliphatic heterocycles. The maximum atomic E-state index is 12.7. The summed E-state index contributed by atoms with van der Waals surface area (Å²) >= 11 is 0. The van der Waals surface area contributed by atoms with Gasteiger partial charge in [0.1, 0.15) is 11.8 Å². The molecular weight excluding hydrogens is 378 g/mol. The maximum absolute atomic E-state index is 12.7. The lowest BCUT2D eigenvalue weighted by molar-refractivity contribution is -0.123. The Morgan fingerprint density at radius 1 is 1.03 bits per heavy atom. The third-order valence-electron chi connectivity index (χ3n) is 5.14. The van der Waals surface area contributed by atoms with Crippen molar-refractivity contribution in [3.8, 4) is 5.75 Å². The molecule has 0 saturated heterocycles. The molecule has 0 radical (unpaired) electrons. The minimum Gasteiger partial charge on any atom is -0.496 e. The fourth-order valence-corrected chi connectivity index (χ4v) is 3.49. The molecular formula is C24H29N3O3. The van der Waals surface area contributed by atoms with Gasteiger partial charge in [-0.2, -0.15) is 0 Å². The van der Waals surface area contributed by atoms with Gasteiger partial charge in [-0.15, -0.1) is 0 Å². The normalized spacial score (nSPS) is 12.0. The number of aryl methyl sites for hydroxylation is 1. The Hall–Kier alpha value is -3.28. The van der Waals surface area contributed by atoms with E-state index in [0.29, 0.717) is 17.9 Å². The number of amides is 2. The Kier molecular flexibility index (Phi) is 7.12. The lowest BCUT2D eigenvalue weighted by atomic mass is 10.0. The van der Waals surface area contributed by atoms with Crippen LogP contribution in [0.15, 0.2) is 60.8 Å². The highest BCUT2D eigenvalue weighted by molar-refractivity contribution is 5.99. The van der Waals surface area contributed by atoms with Crippen molar-refractivity contribution in [2.24, 2.45) is 5.92 Å². The topological polar surface area (TPSA) is 72.4 Å². The summed E-state index contributed by atoms with van der Waals surface area (Å²) in [6.07, 6.45) is 2.87. The van der Waals surface area contributed by atoms with Crippen LogP contribution in [-0.4, -0.2) is 36.1 Å². The van der Waals surface area contributed by atoms with Crippen molar-refractivity contribution in [1.29, 1.82) is 0 Å². The average Bonchev–Trinajstić information content (AvgIpc) is 3.17. The van der Waals surface area contributed by atoms with E-state index in [4.69, 9.17) is 4.74 Å². The van der Waals surface area contributed by atoms with Gasteiger partial charge >= 0.3 is 0 Å². The predicted octanol–water partition coefficient (Wildman–Crippen LogP) is 3.61. The third-order valence-corrected chi connectivity index (χ3v) is 5.14. The summed E-state index contributed by atoms with van der Waals surface area (Å²) in [7, 11) is 1.52. The number of carbonyl (C=O) groups excluding carboxylic acids is 2. The number of nitrogens with one attached hydrogen (secondary N) is 2. The lowest BCUT2D eigenvalue weighted by Gasteiger charge is -2.22. The van der Waals surface area contributed by atoms with E-state index in [2.05, 4.69) is 39.6 Å². The Labute approximate surface area is 177 Å². The first-order valence-electron chi connectivity index (χ1n) is 10.3. The third kappa shape index (κ3) is 5.00. The predicted molar refractivity (Wildman–Crippen MR) is 119 cm³/mol. The molecule has 0 spiro atoms. The zero-order valence-corrected chi connectivity index (χ0v) is 17.7. The Morgan fingerprint density at radius 3 is 2.53 bits per heavy atom. The molecule has 0 fully saturated rings. The molecule has 0 saturated carbocycles. The molecule has 1 aromatic heterocycles. The number of hydrogen-bond donors (Lipinski definition) is 2. The van der Waals surface area contributed by atoms with Crippen LogP contribution in [0.4, 0.5) is 0 Å². The number of aromatic nitrogens is 1. The van der Waals surface area contributed by atoms with Crippen LogP contribution in [0.3, 0.4) is 0 Å². The molecule has 0 aliphatic carbocycles. The van der Waals surface area contributed by atoms with Crippen LogP contribution < -0.4 is 15.4 Å². The highest BCUT2D eigenvalue weighted by Crippen LogP contribution is 2.18. The number of methoxy groups -OCH3 is 1. The summed E-state index contributed by atoms with van der Waals surface area (Å²) in [4.78, 5) is 25.4. The molecule has 1 atom stereocenters. The van der Waals surface area contributed by atoms with Gasteiger partial charge in [0, 0.05) is 24.8 Å². The molecule has 3 aromatic rings. The molecule has 6 nitrogen and oxygen atoms in total. The summed E-state index contributed by atoms with van der Waals surface area (Å²) in [5, 5.41) is 7.02. The minimum absolute atomic E-state index is 0.0444. The molecule has 2 amide bonds. The molecule has 2 N–H and O–H groups in total. The lowest BCUT2D eigenvalue weighted by Crippen LogP contribution is -2.50. The van der Waals surface area contributed by atoms with Crippen molar-refractivity contribution in [2.45, 2.75) is 32.9 Å². The van der Waals surface area contributed by atoms with E-state index in [1.54, 1.807) is 24.3 Å². The number of fused-ring (bicyclic) bond motifs is 1. The van der Waals surface area contributed by atoms with E-state index in [1.165, 1.54) is 18.0 Å². The van der Waals surface area contributed by atoms with Gasteiger partial charge in [0.2, 0.25) is 5.91 Å². The van der Waals surface area contributed by atoms with E-state index in [1.807, 2.05) is 26.0 Å². The quantitative estimate of drug-likeness (QED) is 0.532. The van der Waals surface area contributed by atoms with Gasteiger partial charge in [-0.1, -0.05) is 44.2 Å². The van der Waals surface area contributed by atoms with E-state index in [0.717, 1.165) is 13.0 Å². The summed E-state index contributed by atoms with van der Waals surface area (Å²) in [6.45, 7) is 5.18. The first-order chi connectivity index (χ1) is 14.5. The second kappa shape index (κ2) is 9.96. The standard InChI is InChI=1S/C24H29N3O3/c1-17(2)22(26-23(28)19-10-5-7-12-21(19)30-3)24(29)25-14-8-15-27-16-13-18-9-4-6-11-20(18)27/h4-7,9-13,16-17,22H,8,14-15H2,1-3H3,(H,25,29)(H,26,28)/t22-/m0/s1.